The lowest BCUT2D eigenvalue weighted by atomic mass is 9.80. The molecule has 0 aromatic rings. The van der Waals surface area contributed by atoms with Crippen molar-refractivity contribution in [1.29, 1.82) is 0 Å². The quantitative estimate of drug-likeness (QED) is 0.343. The largest absolute Gasteiger partial charge is 0.391 e. The average Bonchev–Trinajstić information content (AvgIpc) is 2.24. The second kappa shape index (κ2) is 5.71. The zero-order valence-corrected chi connectivity index (χ0v) is 10.2. The van der Waals surface area contributed by atoms with E-state index in [4.69, 9.17) is 5.84 Å². The normalized spacial score (nSPS) is 27.4. The minimum absolute atomic E-state index is 0.0345. The van der Waals surface area contributed by atoms with Crippen molar-refractivity contribution in [2.24, 2.45) is 22.7 Å². The Balaban J connectivity index is 2.71. The molecule has 0 heterocycles. The summed E-state index contributed by atoms with van der Waals surface area (Å²) in [5.41, 5.74) is 2.46. The molecule has 3 nitrogen and oxygen atoms in total. The second-order valence-corrected chi connectivity index (χ2v) is 4.85. The first kappa shape index (κ1) is 14.3. The molecule has 0 radical (unpaired) electrons. The molecule has 0 amide bonds. The zero-order valence-electron chi connectivity index (χ0n) is 10.2. The molecule has 6 heteroatoms. The molecular formula is C11H20F3N3. The molecule has 0 spiro atoms. The predicted molar refractivity (Wildman–Crippen MR) is 61.4 cm³/mol. The fourth-order valence-corrected chi connectivity index (χ4v) is 2.27. The van der Waals surface area contributed by atoms with Crippen molar-refractivity contribution < 1.29 is 13.2 Å². The lowest BCUT2D eigenvalue weighted by Gasteiger charge is -2.31. The summed E-state index contributed by atoms with van der Waals surface area (Å²) in [6.07, 6.45) is -2.48. The van der Waals surface area contributed by atoms with Crippen LogP contribution >= 0.6 is 0 Å². The Hall–Kier alpha value is -0.780. The van der Waals surface area contributed by atoms with Crippen molar-refractivity contribution in [2.45, 2.75) is 51.7 Å². The Bertz CT molecular complexity index is 274. The van der Waals surface area contributed by atoms with E-state index in [9.17, 15) is 13.2 Å². The second-order valence-electron chi connectivity index (χ2n) is 4.85. The summed E-state index contributed by atoms with van der Waals surface area (Å²) in [5.74, 6) is 4.45. The molecule has 0 bridgehead atoms. The third-order valence-corrected chi connectivity index (χ3v) is 3.07. The van der Waals surface area contributed by atoms with Gasteiger partial charge in [0.05, 0.1) is 5.92 Å². The van der Waals surface area contributed by atoms with Gasteiger partial charge in [0, 0.05) is 12.0 Å². The first-order chi connectivity index (χ1) is 7.84. The highest BCUT2D eigenvalue weighted by Crippen LogP contribution is 2.40. The minimum Gasteiger partial charge on any atom is -0.312 e. The van der Waals surface area contributed by atoms with Crippen molar-refractivity contribution in [3.63, 3.8) is 0 Å². The Morgan fingerprint density at radius 3 is 2.47 bits per heavy atom. The van der Waals surface area contributed by atoms with Gasteiger partial charge in [-0.25, -0.2) is 5.84 Å². The van der Waals surface area contributed by atoms with Crippen LogP contribution in [-0.2, 0) is 0 Å². The Morgan fingerprint density at radius 1 is 1.35 bits per heavy atom. The van der Waals surface area contributed by atoms with E-state index in [0.717, 1.165) is 6.42 Å². The molecule has 3 N–H and O–H groups in total. The molecule has 0 aromatic carbocycles. The first-order valence-electron chi connectivity index (χ1n) is 5.95. The van der Waals surface area contributed by atoms with Crippen molar-refractivity contribution in [3.05, 3.63) is 0 Å². The molecule has 17 heavy (non-hydrogen) atoms. The Kier molecular flexibility index (Phi) is 4.80. The van der Waals surface area contributed by atoms with E-state index in [1.165, 1.54) is 0 Å². The van der Waals surface area contributed by atoms with Crippen LogP contribution in [0.2, 0.25) is 0 Å². The lowest BCUT2D eigenvalue weighted by Crippen LogP contribution is -2.41. The van der Waals surface area contributed by atoms with Crippen LogP contribution < -0.4 is 11.3 Å². The lowest BCUT2D eigenvalue weighted by molar-refractivity contribution is -0.183. The number of nitrogens with zero attached hydrogens (tertiary/aromatic N) is 1. The summed E-state index contributed by atoms with van der Waals surface area (Å²) >= 11 is 0. The molecule has 2 atom stereocenters. The van der Waals surface area contributed by atoms with E-state index in [1.54, 1.807) is 0 Å². The number of nitrogens with one attached hydrogen (secondary N) is 1. The van der Waals surface area contributed by atoms with Gasteiger partial charge in [-0.3, -0.25) is 4.99 Å². The van der Waals surface area contributed by atoms with Gasteiger partial charge in [-0.1, -0.05) is 6.42 Å². The van der Waals surface area contributed by atoms with Crippen LogP contribution in [0.5, 0.6) is 0 Å². The van der Waals surface area contributed by atoms with E-state index in [-0.39, 0.29) is 24.8 Å². The fourth-order valence-electron chi connectivity index (χ4n) is 2.27. The summed E-state index contributed by atoms with van der Waals surface area (Å²) in [5, 5.41) is 0. The number of hydrogen-bond donors (Lipinski definition) is 2. The molecule has 1 aliphatic carbocycles. The highest BCUT2D eigenvalue weighted by Gasteiger charge is 2.43. The zero-order chi connectivity index (χ0) is 13.1. The molecule has 1 saturated carbocycles. The van der Waals surface area contributed by atoms with Gasteiger partial charge in [0.1, 0.15) is 5.84 Å². The first-order valence-corrected chi connectivity index (χ1v) is 5.95. The van der Waals surface area contributed by atoms with E-state index in [1.807, 2.05) is 13.8 Å². The van der Waals surface area contributed by atoms with Crippen molar-refractivity contribution in [1.82, 2.24) is 5.43 Å². The summed E-state index contributed by atoms with van der Waals surface area (Å²) in [6.45, 7) is 3.75. The number of aliphatic imine (C=N–C) groups is 1. The summed E-state index contributed by atoms with van der Waals surface area (Å²) in [4.78, 5) is 4.25. The maximum absolute atomic E-state index is 12.7. The van der Waals surface area contributed by atoms with Gasteiger partial charge in [0.25, 0.3) is 0 Å². The van der Waals surface area contributed by atoms with Crippen molar-refractivity contribution >= 4 is 5.84 Å². The van der Waals surface area contributed by atoms with Crippen molar-refractivity contribution in [2.75, 3.05) is 0 Å². The number of amidine groups is 1. The number of rotatable bonds is 2. The summed E-state index contributed by atoms with van der Waals surface area (Å²) in [6, 6.07) is 0.0345. The third kappa shape index (κ3) is 4.18. The van der Waals surface area contributed by atoms with Gasteiger partial charge in [-0.05, 0) is 33.1 Å². The summed E-state index contributed by atoms with van der Waals surface area (Å²) in [7, 11) is 0. The van der Waals surface area contributed by atoms with Crippen LogP contribution in [0.4, 0.5) is 13.2 Å². The van der Waals surface area contributed by atoms with Gasteiger partial charge >= 0.3 is 6.18 Å². The predicted octanol–water partition coefficient (Wildman–Crippen LogP) is 2.63. The van der Waals surface area contributed by atoms with E-state index >= 15 is 0 Å². The van der Waals surface area contributed by atoms with Crippen LogP contribution in [0.1, 0.15) is 39.5 Å². The molecule has 2 unspecified atom stereocenters. The number of nitrogens with two attached hydrogens (primary N) is 1. The molecule has 1 rings (SSSR count). The molecule has 100 valence electrons. The number of hydrogen-bond acceptors (Lipinski definition) is 2. The minimum atomic E-state index is -4.10. The van der Waals surface area contributed by atoms with Crippen LogP contribution in [0.15, 0.2) is 4.99 Å². The van der Waals surface area contributed by atoms with Gasteiger partial charge in [-0.15, -0.1) is 0 Å². The molecular weight excluding hydrogens is 231 g/mol. The molecule has 1 aliphatic rings. The molecule has 1 fully saturated rings. The van der Waals surface area contributed by atoms with E-state index in [2.05, 4.69) is 10.4 Å². The molecule has 0 aromatic heterocycles. The topological polar surface area (TPSA) is 50.4 Å². The van der Waals surface area contributed by atoms with Crippen LogP contribution in [0, 0.1) is 11.8 Å². The standard InChI is InChI=1S/C11H20F3N3/c1-7(2)16-10(17-15)8-4-3-5-9(6-8)11(12,13)14/h7-9H,3-6,15H2,1-2H3,(H,16,17). The highest BCUT2D eigenvalue weighted by molar-refractivity contribution is 5.84. The van der Waals surface area contributed by atoms with Gasteiger partial charge < -0.3 is 5.43 Å². The smallest absolute Gasteiger partial charge is 0.312 e. The molecule has 0 aliphatic heterocycles. The number of hydrazine groups is 1. The van der Waals surface area contributed by atoms with E-state index in [0.29, 0.717) is 12.3 Å². The van der Waals surface area contributed by atoms with E-state index < -0.39 is 12.1 Å². The Labute approximate surface area is 99.6 Å². The van der Waals surface area contributed by atoms with Crippen LogP contribution in [0.25, 0.3) is 0 Å². The molecule has 0 saturated heterocycles. The Morgan fingerprint density at radius 2 is 2.00 bits per heavy atom. The maximum Gasteiger partial charge on any atom is 0.391 e. The van der Waals surface area contributed by atoms with Gasteiger partial charge in [-0.2, -0.15) is 13.2 Å². The fraction of sp³-hybridized carbons (Fsp3) is 0.909. The highest BCUT2D eigenvalue weighted by atomic mass is 19.4. The number of alkyl halides is 3. The van der Waals surface area contributed by atoms with Gasteiger partial charge in [0.2, 0.25) is 0 Å². The van der Waals surface area contributed by atoms with Crippen LogP contribution in [-0.4, -0.2) is 18.1 Å². The SMILES string of the molecule is CC(C)N=C(NN)C1CCCC(C(F)(F)F)C1. The monoisotopic (exact) mass is 251 g/mol. The van der Waals surface area contributed by atoms with Crippen LogP contribution in [0.3, 0.4) is 0 Å². The summed E-state index contributed by atoms with van der Waals surface area (Å²) < 4.78 is 38.0. The third-order valence-electron chi connectivity index (χ3n) is 3.07. The van der Waals surface area contributed by atoms with Gasteiger partial charge in [0.15, 0.2) is 0 Å². The van der Waals surface area contributed by atoms with Crippen molar-refractivity contribution in [3.8, 4) is 0 Å². The number of halogens is 3. The maximum atomic E-state index is 12.7. The average molecular weight is 251 g/mol.